The van der Waals surface area contributed by atoms with Crippen LogP contribution in [0.3, 0.4) is 0 Å². The lowest BCUT2D eigenvalue weighted by Crippen LogP contribution is -2.37. The van der Waals surface area contributed by atoms with Crippen molar-refractivity contribution in [2.45, 2.75) is 12.5 Å². The van der Waals surface area contributed by atoms with E-state index in [0.29, 0.717) is 32.7 Å². The highest BCUT2D eigenvalue weighted by Gasteiger charge is 2.19. The van der Waals surface area contributed by atoms with Crippen molar-refractivity contribution < 1.29 is 14.6 Å². The van der Waals surface area contributed by atoms with Gasteiger partial charge in [0.15, 0.2) is 0 Å². The van der Waals surface area contributed by atoms with Crippen molar-refractivity contribution in [2.75, 3.05) is 26.3 Å². The summed E-state index contributed by atoms with van der Waals surface area (Å²) >= 11 is 0. The minimum absolute atomic E-state index is 0.000417. The molecular weight excluding hydrogens is 170 g/mol. The Morgan fingerprint density at radius 2 is 2.54 bits per heavy atom. The number of carbonyl (C=O) groups excluding carboxylic acids is 1. The molecule has 0 saturated carbocycles. The summed E-state index contributed by atoms with van der Waals surface area (Å²) in [5.74, 6) is -0.000417. The molecule has 1 unspecified atom stereocenters. The fourth-order valence-electron chi connectivity index (χ4n) is 1.27. The second kappa shape index (κ2) is 4.99. The summed E-state index contributed by atoms with van der Waals surface area (Å²) in [5, 5.41) is 9.33. The third kappa shape index (κ3) is 3.16. The molecule has 0 aromatic rings. The smallest absolute Gasteiger partial charge is 0.226 e. The summed E-state index contributed by atoms with van der Waals surface area (Å²) in [5.41, 5.74) is 0. The maximum Gasteiger partial charge on any atom is 0.226 e. The van der Waals surface area contributed by atoms with Crippen LogP contribution in [0.1, 0.15) is 6.42 Å². The number of β-amino-alcohol motifs (C(OH)–C–C–N with tert-alkyl or cyclic N) is 1. The lowest BCUT2D eigenvalue weighted by molar-refractivity contribution is -0.131. The van der Waals surface area contributed by atoms with E-state index in [0.717, 1.165) is 0 Å². The molecule has 1 N–H and O–H groups in total. The zero-order chi connectivity index (χ0) is 9.68. The van der Waals surface area contributed by atoms with E-state index in [1.54, 1.807) is 11.0 Å². The molecule has 1 heterocycles. The molecule has 1 atom stereocenters. The lowest BCUT2D eigenvalue weighted by atomic mass is 10.3. The van der Waals surface area contributed by atoms with Gasteiger partial charge in [-0.25, -0.2) is 0 Å². The van der Waals surface area contributed by atoms with E-state index >= 15 is 0 Å². The summed E-state index contributed by atoms with van der Waals surface area (Å²) in [6.07, 6.45) is 1.34. The molecule has 0 bridgehead atoms. The SMILES string of the molecule is C=CCC(=O)N1CCOCC(O)C1. The highest BCUT2D eigenvalue weighted by Crippen LogP contribution is 2.02. The van der Waals surface area contributed by atoms with Crippen LogP contribution in [0.15, 0.2) is 12.7 Å². The maximum absolute atomic E-state index is 11.4. The normalized spacial score (nSPS) is 23.8. The van der Waals surface area contributed by atoms with Crippen molar-refractivity contribution in [3.63, 3.8) is 0 Å². The molecule has 1 aliphatic rings. The van der Waals surface area contributed by atoms with Crippen LogP contribution in [0.25, 0.3) is 0 Å². The predicted octanol–water partition coefficient (Wildman–Crippen LogP) is -0.218. The molecule has 0 radical (unpaired) electrons. The van der Waals surface area contributed by atoms with E-state index < -0.39 is 6.10 Å². The van der Waals surface area contributed by atoms with E-state index in [2.05, 4.69) is 6.58 Å². The van der Waals surface area contributed by atoms with Gasteiger partial charge in [-0.2, -0.15) is 0 Å². The Hall–Kier alpha value is -0.870. The van der Waals surface area contributed by atoms with Gasteiger partial charge in [0.2, 0.25) is 5.91 Å². The zero-order valence-corrected chi connectivity index (χ0v) is 7.61. The standard InChI is InChI=1S/C9H15NO3/c1-2-3-9(12)10-4-5-13-7-8(11)6-10/h2,8,11H,1,3-7H2. The van der Waals surface area contributed by atoms with Gasteiger partial charge in [0.1, 0.15) is 0 Å². The van der Waals surface area contributed by atoms with Crippen molar-refractivity contribution in [1.29, 1.82) is 0 Å². The first-order valence-corrected chi connectivity index (χ1v) is 4.38. The van der Waals surface area contributed by atoms with Crippen molar-refractivity contribution in [1.82, 2.24) is 4.90 Å². The third-order valence-corrected chi connectivity index (χ3v) is 1.92. The summed E-state index contributed by atoms with van der Waals surface area (Å²) < 4.78 is 5.10. The first kappa shape index (κ1) is 10.2. The fourth-order valence-corrected chi connectivity index (χ4v) is 1.27. The highest BCUT2D eigenvalue weighted by atomic mass is 16.5. The first-order valence-electron chi connectivity index (χ1n) is 4.38. The molecule has 0 aliphatic carbocycles. The number of ether oxygens (including phenoxy) is 1. The molecule has 1 aliphatic heterocycles. The summed E-state index contributed by atoms with van der Waals surface area (Å²) in [6.45, 7) is 5.24. The van der Waals surface area contributed by atoms with Gasteiger partial charge in [-0.05, 0) is 0 Å². The molecule has 4 heteroatoms. The van der Waals surface area contributed by atoms with Gasteiger partial charge in [-0.3, -0.25) is 4.79 Å². The van der Waals surface area contributed by atoms with Crippen LogP contribution in [0.2, 0.25) is 0 Å². The van der Waals surface area contributed by atoms with Gasteiger partial charge in [0.05, 0.1) is 19.3 Å². The summed E-state index contributed by atoms with van der Waals surface area (Å²) in [7, 11) is 0. The van der Waals surface area contributed by atoms with Crippen molar-refractivity contribution in [2.24, 2.45) is 0 Å². The highest BCUT2D eigenvalue weighted by molar-refractivity contribution is 5.77. The molecule has 13 heavy (non-hydrogen) atoms. The number of aliphatic hydroxyl groups is 1. The van der Waals surface area contributed by atoms with Crippen LogP contribution in [0.4, 0.5) is 0 Å². The molecule has 1 amide bonds. The van der Waals surface area contributed by atoms with Gasteiger partial charge in [0, 0.05) is 19.5 Å². The second-order valence-corrected chi connectivity index (χ2v) is 3.06. The van der Waals surface area contributed by atoms with Crippen LogP contribution in [-0.4, -0.2) is 48.3 Å². The Bertz CT molecular complexity index is 193. The van der Waals surface area contributed by atoms with Crippen LogP contribution < -0.4 is 0 Å². The topological polar surface area (TPSA) is 49.8 Å². The number of aliphatic hydroxyl groups excluding tert-OH is 1. The minimum Gasteiger partial charge on any atom is -0.389 e. The van der Waals surface area contributed by atoms with Crippen LogP contribution >= 0.6 is 0 Å². The number of nitrogens with zero attached hydrogens (tertiary/aromatic N) is 1. The van der Waals surface area contributed by atoms with Crippen LogP contribution in [-0.2, 0) is 9.53 Å². The monoisotopic (exact) mass is 185 g/mol. The van der Waals surface area contributed by atoms with E-state index in [-0.39, 0.29) is 5.91 Å². The van der Waals surface area contributed by atoms with Crippen molar-refractivity contribution >= 4 is 5.91 Å². The molecular formula is C9H15NO3. The van der Waals surface area contributed by atoms with Crippen molar-refractivity contribution in [3.05, 3.63) is 12.7 Å². The van der Waals surface area contributed by atoms with Gasteiger partial charge < -0.3 is 14.7 Å². The Morgan fingerprint density at radius 1 is 1.77 bits per heavy atom. The third-order valence-electron chi connectivity index (χ3n) is 1.92. The zero-order valence-electron chi connectivity index (χ0n) is 7.61. The quantitative estimate of drug-likeness (QED) is 0.605. The Morgan fingerprint density at radius 3 is 3.23 bits per heavy atom. The number of hydrogen-bond acceptors (Lipinski definition) is 3. The molecule has 1 rings (SSSR count). The van der Waals surface area contributed by atoms with Crippen LogP contribution in [0, 0.1) is 0 Å². The molecule has 4 nitrogen and oxygen atoms in total. The molecule has 74 valence electrons. The predicted molar refractivity (Wildman–Crippen MR) is 48.2 cm³/mol. The van der Waals surface area contributed by atoms with Crippen molar-refractivity contribution in [3.8, 4) is 0 Å². The minimum atomic E-state index is -0.559. The molecule has 1 fully saturated rings. The molecule has 0 aromatic carbocycles. The average Bonchev–Trinajstić information content (AvgIpc) is 2.30. The Kier molecular flexibility index (Phi) is 3.92. The Balaban J connectivity index is 2.46. The fraction of sp³-hybridized carbons (Fsp3) is 0.667. The maximum atomic E-state index is 11.4. The number of amides is 1. The van der Waals surface area contributed by atoms with Crippen LogP contribution in [0.5, 0.6) is 0 Å². The van der Waals surface area contributed by atoms with Gasteiger partial charge in [0.25, 0.3) is 0 Å². The van der Waals surface area contributed by atoms with E-state index in [4.69, 9.17) is 4.74 Å². The largest absolute Gasteiger partial charge is 0.389 e. The Labute approximate surface area is 77.8 Å². The molecule has 1 saturated heterocycles. The van der Waals surface area contributed by atoms with E-state index in [1.807, 2.05) is 0 Å². The number of hydrogen-bond donors (Lipinski definition) is 1. The van der Waals surface area contributed by atoms with E-state index in [9.17, 15) is 9.90 Å². The second-order valence-electron chi connectivity index (χ2n) is 3.06. The van der Waals surface area contributed by atoms with Gasteiger partial charge in [-0.15, -0.1) is 6.58 Å². The first-order chi connectivity index (χ1) is 6.24. The molecule has 0 spiro atoms. The van der Waals surface area contributed by atoms with Gasteiger partial charge in [-0.1, -0.05) is 6.08 Å². The number of rotatable bonds is 2. The van der Waals surface area contributed by atoms with Gasteiger partial charge >= 0.3 is 0 Å². The van der Waals surface area contributed by atoms with E-state index in [1.165, 1.54) is 0 Å². The molecule has 0 aromatic heterocycles. The summed E-state index contributed by atoms with van der Waals surface area (Å²) in [4.78, 5) is 13.0. The lowest BCUT2D eigenvalue weighted by Gasteiger charge is -2.20. The average molecular weight is 185 g/mol. The number of carbonyl (C=O) groups is 1. The summed E-state index contributed by atoms with van der Waals surface area (Å²) in [6, 6.07) is 0.